The summed E-state index contributed by atoms with van der Waals surface area (Å²) in [7, 11) is -3.74. The Kier molecular flexibility index (Phi) is 6.17. The number of carbonyl (C=O) groups is 1. The number of benzene rings is 1. The van der Waals surface area contributed by atoms with Crippen LogP contribution in [-0.2, 0) is 14.8 Å². The van der Waals surface area contributed by atoms with E-state index in [1.54, 1.807) is 4.90 Å². The van der Waals surface area contributed by atoms with Crippen LogP contribution in [0.3, 0.4) is 0 Å². The molecule has 1 aromatic rings. The molecule has 0 radical (unpaired) electrons. The zero-order chi connectivity index (χ0) is 18.7. The van der Waals surface area contributed by atoms with E-state index in [-0.39, 0.29) is 28.9 Å². The number of sulfonamides is 1. The molecule has 2 aliphatic rings. The zero-order valence-electron chi connectivity index (χ0n) is 14.5. The van der Waals surface area contributed by atoms with E-state index in [4.69, 9.17) is 11.6 Å². The molecular weight excluding hydrogens is 381 g/mol. The van der Waals surface area contributed by atoms with Crippen LogP contribution in [0.15, 0.2) is 23.1 Å². The minimum Gasteiger partial charge on any atom is -0.339 e. The largest absolute Gasteiger partial charge is 0.339 e. The Bertz CT molecular complexity index is 761. The van der Waals surface area contributed by atoms with Gasteiger partial charge in [-0.1, -0.05) is 18.0 Å². The Labute approximate surface area is 158 Å². The van der Waals surface area contributed by atoms with Crippen LogP contribution in [0.2, 0.25) is 5.02 Å². The molecule has 2 heterocycles. The zero-order valence-corrected chi connectivity index (χ0v) is 16.1. The van der Waals surface area contributed by atoms with Crippen molar-refractivity contribution in [3.8, 4) is 0 Å². The Balaban J connectivity index is 1.58. The van der Waals surface area contributed by atoms with E-state index in [0.29, 0.717) is 19.6 Å². The SMILES string of the molecule is O=C(CN1CCCCC1)N1CCN(S(=O)(=O)c2ccc(F)c(Cl)c2)CC1. The number of hydrogen-bond donors (Lipinski definition) is 0. The molecule has 144 valence electrons. The summed E-state index contributed by atoms with van der Waals surface area (Å²) < 4.78 is 39.9. The van der Waals surface area contributed by atoms with Crippen LogP contribution in [0.4, 0.5) is 4.39 Å². The number of piperazine rings is 1. The van der Waals surface area contributed by atoms with E-state index in [0.717, 1.165) is 38.1 Å². The molecule has 0 bridgehead atoms. The van der Waals surface area contributed by atoms with Gasteiger partial charge in [-0.25, -0.2) is 12.8 Å². The Morgan fingerprint density at radius 1 is 1.04 bits per heavy atom. The average molecular weight is 404 g/mol. The van der Waals surface area contributed by atoms with Gasteiger partial charge in [-0.2, -0.15) is 4.31 Å². The van der Waals surface area contributed by atoms with Crippen LogP contribution in [0.25, 0.3) is 0 Å². The molecule has 9 heteroatoms. The second-order valence-corrected chi connectivity index (χ2v) is 9.04. The van der Waals surface area contributed by atoms with Crippen LogP contribution in [0.5, 0.6) is 0 Å². The van der Waals surface area contributed by atoms with Crippen molar-refractivity contribution < 1.29 is 17.6 Å². The predicted molar refractivity (Wildman–Crippen MR) is 97.0 cm³/mol. The molecule has 6 nitrogen and oxygen atoms in total. The van der Waals surface area contributed by atoms with Gasteiger partial charge in [-0.05, 0) is 44.1 Å². The fraction of sp³-hybridized carbons (Fsp3) is 0.588. The van der Waals surface area contributed by atoms with Crippen molar-refractivity contribution >= 4 is 27.5 Å². The number of halogens is 2. The van der Waals surface area contributed by atoms with Crippen LogP contribution < -0.4 is 0 Å². The number of nitrogens with zero attached hydrogens (tertiary/aromatic N) is 3. The Hall–Kier alpha value is -1.22. The van der Waals surface area contributed by atoms with Gasteiger partial charge in [0.15, 0.2) is 0 Å². The second-order valence-electron chi connectivity index (χ2n) is 6.70. The summed E-state index contributed by atoms with van der Waals surface area (Å²) in [5, 5.41) is -0.221. The lowest BCUT2D eigenvalue weighted by Crippen LogP contribution is -2.52. The van der Waals surface area contributed by atoms with E-state index in [9.17, 15) is 17.6 Å². The van der Waals surface area contributed by atoms with Crippen molar-refractivity contribution in [2.75, 3.05) is 45.8 Å². The molecule has 0 atom stereocenters. The maximum Gasteiger partial charge on any atom is 0.243 e. The Morgan fingerprint density at radius 2 is 1.69 bits per heavy atom. The molecule has 0 aliphatic carbocycles. The molecule has 3 rings (SSSR count). The predicted octanol–water partition coefficient (Wildman–Crippen LogP) is 1.80. The molecule has 2 saturated heterocycles. The molecule has 0 saturated carbocycles. The van der Waals surface area contributed by atoms with Crippen molar-refractivity contribution in [3.63, 3.8) is 0 Å². The van der Waals surface area contributed by atoms with Gasteiger partial charge in [-0.3, -0.25) is 9.69 Å². The smallest absolute Gasteiger partial charge is 0.243 e. The molecule has 26 heavy (non-hydrogen) atoms. The van der Waals surface area contributed by atoms with Gasteiger partial charge in [-0.15, -0.1) is 0 Å². The fourth-order valence-corrected chi connectivity index (χ4v) is 5.07. The first-order chi connectivity index (χ1) is 12.4. The van der Waals surface area contributed by atoms with Gasteiger partial charge in [0, 0.05) is 26.2 Å². The summed E-state index contributed by atoms with van der Waals surface area (Å²) in [6.45, 7) is 3.48. The summed E-state index contributed by atoms with van der Waals surface area (Å²) in [5.41, 5.74) is 0. The summed E-state index contributed by atoms with van der Waals surface area (Å²) in [6, 6.07) is 3.39. The van der Waals surface area contributed by atoms with Gasteiger partial charge < -0.3 is 4.90 Å². The minimum absolute atomic E-state index is 0.0306. The molecule has 0 N–H and O–H groups in total. The van der Waals surface area contributed by atoms with Crippen LogP contribution in [0, 0.1) is 5.82 Å². The van der Waals surface area contributed by atoms with Gasteiger partial charge in [0.25, 0.3) is 0 Å². The van der Waals surface area contributed by atoms with Crippen molar-refractivity contribution in [2.24, 2.45) is 0 Å². The quantitative estimate of drug-likeness (QED) is 0.769. The number of rotatable bonds is 4. The van der Waals surface area contributed by atoms with Crippen molar-refractivity contribution in [3.05, 3.63) is 29.0 Å². The summed E-state index contributed by atoms with van der Waals surface area (Å²) in [5.74, 6) is -0.604. The minimum atomic E-state index is -3.74. The maximum absolute atomic E-state index is 13.3. The molecule has 2 aliphatic heterocycles. The van der Waals surface area contributed by atoms with E-state index in [1.807, 2.05) is 0 Å². The number of likely N-dealkylation sites (tertiary alicyclic amines) is 1. The summed E-state index contributed by atoms with van der Waals surface area (Å²) >= 11 is 5.70. The molecule has 0 unspecified atom stereocenters. The lowest BCUT2D eigenvalue weighted by Gasteiger charge is -2.35. The molecule has 0 aromatic heterocycles. The lowest BCUT2D eigenvalue weighted by atomic mass is 10.1. The highest BCUT2D eigenvalue weighted by atomic mass is 35.5. The van der Waals surface area contributed by atoms with Gasteiger partial charge in [0.05, 0.1) is 16.5 Å². The van der Waals surface area contributed by atoms with E-state index in [2.05, 4.69) is 4.90 Å². The number of amides is 1. The second kappa shape index (κ2) is 8.21. The summed E-state index contributed by atoms with van der Waals surface area (Å²) in [4.78, 5) is 16.3. The number of hydrogen-bond acceptors (Lipinski definition) is 4. The third-order valence-corrected chi connectivity index (χ3v) is 7.11. The first-order valence-electron chi connectivity index (χ1n) is 8.83. The highest BCUT2D eigenvalue weighted by molar-refractivity contribution is 7.89. The van der Waals surface area contributed by atoms with Crippen LogP contribution in [-0.4, -0.2) is 74.2 Å². The first kappa shape index (κ1) is 19.5. The van der Waals surface area contributed by atoms with Crippen molar-refractivity contribution in [2.45, 2.75) is 24.2 Å². The van der Waals surface area contributed by atoms with Gasteiger partial charge in [0.1, 0.15) is 5.82 Å². The van der Waals surface area contributed by atoms with E-state index >= 15 is 0 Å². The third-order valence-electron chi connectivity index (χ3n) is 4.93. The third kappa shape index (κ3) is 4.36. The molecule has 0 spiro atoms. The molecule has 2 fully saturated rings. The maximum atomic E-state index is 13.3. The fourth-order valence-electron chi connectivity index (χ4n) is 3.37. The van der Waals surface area contributed by atoms with E-state index in [1.165, 1.54) is 16.8 Å². The molecule has 1 amide bonds. The Morgan fingerprint density at radius 3 is 2.31 bits per heavy atom. The van der Waals surface area contributed by atoms with Gasteiger partial charge >= 0.3 is 0 Å². The van der Waals surface area contributed by atoms with Crippen LogP contribution in [0.1, 0.15) is 19.3 Å². The summed E-state index contributed by atoms with van der Waals surface area (Å²) in [6.07, 6.45) is 3.47. The number of piperidine rings is 1. The monoisotopic (exact) mass is 403 g/mol. The highest BCUT2D eigenvalue weighted by Gasteiger charge is 2.31. The lowest BCUT2D eigenvalue weighted by molar-refractivity contribution is -0.133. The highest BCUT2D eigenvalue weighted by Crippen LogP contribution is 2.23. The molecular formula is C17H23ClFN3O3S. The van der Waals surface area contributed by atoms with Gasteiger partial charge in [0.2, 0.25) is 15.9 Å². The van der Waals surface area contributed by atoms with E-state index < -0.39 is 15.8 Å². The molecule has 1 aromatic carbocycles. The van der Waals surface area contributed by atoms with Crippen molar-refractivity contribution in [1.82, 2.24) is 14.1 Å². The standard InChI is InChI=1S/C17H23ClFN3O3S/c18-15-12-14(4-5-16(15)19)26(24,25)22-10-8-21(9-11-22)17(23)13-20-6-2-1-3-7-20/h4-5,12H,1-3,6-11,13H2. The topological polar surface area (TPSA) is 60.9 Å². The number of carbonyl (C=O) groups excluding carboxylic acids is 1. The first-order valence-corrected chi connectivity index (χ1v) is 10.6. The normalized spacial score (nSPS) is 20.3. The van der Waals surface area contributed by atoms with Crippen LogP contribution >= 0.6 is 11.6 Å². The van der Waals surface area contributed by atoms with Crippen molar-refractivity contribution in [1.29, 1.82) is 0 Å². The average Bonchev–Trinajstić information content (AvgIpc) is 2.65.